The van der Waals surface area contributed by atoms with Gasteiger partial charge in [-0.2, -0.15) is 8.78 Å². The Morgan fingerprint density at radius 3 is 2.64 bits per heavy atom. The first-order valence-electron chi connectivity index (χ1n) is 8.66. The van der Waals surface area contributed by atoms with Crippen molar-refractivity contribution in [3.05, 3.63) is 47.8 Å². The van der Waals surface area contributed by atoms with E-state index in [1.54, 1.807) is 12.1 Å². The largest absolute Gasteiger partial charge is 0.497 e. The minimum atomic E-state index is -2.91. The number of benzene rings is 1. The maximum atomic E-state index is 12.7. The van der Waals surface area contributed by atoms with Crippen molar-refractivity contribution in [2.45, 2.75) is 26.6 Å². The van der Waals surface area contributed by atoms with Gasteiger partial charge in [0.05, 0.1) is 20.2 Å². The monoisotopic (exact) mass is 508 g/mol. The predicted octanol–water partition coefficient (Wildman–Crippen LogP) is 3.85. The number of aryl methyl sites for hydroxylation is 1. The molecule has 2 rings (SSSR count). The summed E-state index contributed by atoms with van der Waals surface area (Å²) in [7, 11) is 5.39. The molecule has 0 aliphatic heterocycles. The molecule has 2 aromatic rings. The Hall–Kier alpha value is -2.04. The van der Waals surface area contributed by atoms with Gasteiger partial charge >= 0.3 is 6.61 Å². The number of alkyl halides is 2. The molecule has 0 amide bonds. The highest BCUT2D eigenvalue weighted by atomic mass is 127. The number of nitrogens with one attached hydrogen (secondary N) is 1. The first-order valence-corrected chi connectivity index (χ1v) is 8.66. The summed E-state index contributed by atoms with van der Waals surface area (Å²) in [5.74, 6) is 1.19. The van der Waals surface area contributed by atoms with Crippen molar-refractivity contribution in [2.24, 2.45) is 12.0 Å². The van der Waals surface area contributed by atoms with E-state index in [1.807, 2.05) is 48.8 Å². The second-order valence-electron chi connectivity index (χ2n) is 5.99. The highest BCUT2D eigenvalue weighted by molar-refractivity contribution is 14.0. The number of rotatable bonds is 8. The summed E-state index contributed by atoms with van der Waals surface area (Å²) in [6, 6.07) is 8.85. The molecule has 0 saturated heterocycles. The highest BCUT2D eigenvalue weighted by Gasteiger charge is 2.13. The molecule has 0 unspecified atom stereocenters. The van der Waals surface area contributed by atoms with Crippen LogP contribution >= 0.6 is 24.0 Å². The summed E-state index contributed by atoms with van der Waals surface area (Å²) in [4.78, 5) is 6.56. The Bertz CT molecular complexity index is 768. The van der Waals surface area contributed by atoms with Gasteiger partial charge in [0.25, 0.3) is 0 Å². The van der Waals surface area contributed by atoms with E-state index in [0.29, 0.717) is 30.4 Å². The zero-order valence-corrected chi connectivity index (χ0v) is 18.8. The van der Waals surface area contributed by atoms with Crippen molar-refractivity contribution < 1.29 is 18.3 Å². The molecule has 1 aromatic heterocycles. The number of guanidine groups is 1. The summed E-state index contributed by atoms with van der Waals surface area (Å²) in [5.41, 5.74) is 1.69. The predicted molar refractivity (Wildman–Crippen MR) is 117 cm³/mol. The van der Waals surface area contributed by atoms with Gasteiger partial charge in [0.15, 0.2) is 5.96 Å². The molecule has 156 valence electrons. The number of nitrogens with zero attached hydrogens (tertiary/aromatic N) is 3. The molecule has 9 heteroatoms. The third-order valence-corrected chi connectivity index (χ3v) is 4.04. The van der Waals surface area contributed by atoms with Crippen molar-refractivity contribution >= 4 is 29.9 Å². The smallest absolute Gasteiger partial charge is 0.387 e. The van der Waals surface area contributed by atoms with Crippen LogP contribution in [0.3, 0.4) is 0 Å². The zero-order chi connectivity index (χ0) is 19.8. The number of halogens is 3. The molecule has 0 fully saturated rings. The molecule has 1 aromatic carbocycles. The summed E-state index contributed by atoms with van der Waals surface area (Å²) in [5, 5.41) is 3.22. The lowest BCUT2D eigenvalue weighted by Gasteiger charge is -2.22. The Balaban J connectivity index is 0.00000392. The number of aromatic nitrogens is 1. The third kappa shape index (κ3) is 6.84. The van der Waals surface area contributed by atoms with Gasteiger partial charge in [-0.15, -0.1) is 24.0 Å². The molecule has 0 radical (unpaired) electrons. The van der Waals surface area contributed by atoms with E-state index < -0.39 is 6.61 Å². The van der Waals surface area contributed by atoms with Crippen LogP contribution in [0.1, 0.15) is 18.2 Å². The summed E-state index contributed by atoms with van der Waals surface area (Å²) in [6.07, 6.45) is 1.98. The minimum Gasteiger partial charge on any atom is -0.497 e. The van der Waals surface area contributed by atoms with Crippen LogP contribution < -0.4 is 14.8 Å². The normalized spacial score (nSPS) is 11.2. The number of ether oxygens (including phenoxy) is 2. The minimum absolute atomic E-state index is 0. The summed E-state index contributed by atoms with van der Waals surface area (Å²) >= 11 is 0. The topological polar surface area (TPSA) is 51.0 Å². The van der Waals surface area contributed by atoms with Gasteiger partial charge < -0.3 is 24.3 Å². The molecule has 0 atom stereocenters. The van der Waals surface area contributed by atoms with E-state index in [2.05, 4.69) is 15.0 Å². The molecule has 0 spiro atoms. The number of hydrogen-bond acceptors (Lipinski definition) is 3. The van der Waals surface area contributed by atoms with Crippen molar-refractivity contribution in [1.82, 2.24) is 14.8 Å². The zero-order valence-electron chi connectivity index (χ0n) is 16.5. The molecule has 0 aliphatic carbocycles. The van der Waals surface area contributed by atoms with Crippen LogP contribution in [0.2, 0.25) is 0 Å². The van der Waals surface area contributed by atoms with Gasteiger partial charge in [-0.1, -0.05) is 0 Å². The van der Waals surface area contributed by atoms with Crippen molar-refractivity contribution in [1.29, 1.82) is 0 Å². The van der Waals surface area contributed by atoms with E-state index in [1.165, 1.54) is 13.2 Å². The van der Waals surface area contributed by atoms with E-state index in [0.717, 1.165) is 5.69 Å². The van der Waals surface area contributed by atoms with E-state index in [4.69, 9.17) is 4.74 Å². The number of methoxy groups -OCH3 is 1. The van der Waals surface area contributed by atoms with E-state index in [9.17, 15) is 8.78 Å². The maximum absolute atomic E-state index is 12.7. The van der Waals surface area contributed by atoms with Gasteiger partial charge in [0.1, 0.15) is 11.5 Å². The fraction of sp³-hybridized carbons (Fsp3) is 0.421. The highest BCUT2D eigenvalue weighted by Crippen LogP contribution is 2.27. The Morgan fingerprint density at radius 2 is 2.07 bits per heavy atom. The van der Waals surface area contributed by atoms with Crippen molar-refractivity contribution in [3.8, 4) is 11.5 Å². The second-order valence-corrected chi connectivity index (χ2v) is 5.99. The first-order chi connectivity index (χ1) is 12.9. The van der Waals surface area contributed by atoms with Crippen LogP contribution in [0.25, 0.3) is 0 Å². The molecular formula is C19H27F2IN4O2. The SMILES string of the molecule is CCNC(=NCc1ccc(OC)cc1OC(F)F)N(C)Cc1cccn1C.I. The fourth-order valence-corrected chi connectivity index (χ4v) is 2.61. The van der Waals surface area contributed by atoms with Gasteiger partial charge in [0.2, 0.25) is 0 Å². The lowest BCUT2D eigenvalue weighted by atomic mass is 10.2. The quantitative estimate of drug-likeness (QED) is 0.335. The Kier molecular flexibility index (Phi) is 10.0. The molecular weight excluding hydrogens is 481 g/mol. The Labute approximate surface area is 181 Å². The van der Waals surface area contributed by atoms with Crippen LogP contribution in [-0.4, -0.2) is 42.7 Å². The average Bonchev–Trinajstić information content (AvgIpc) is 3.03. The van der Waals surface area contributed by atoms with E-state index in [-0.39, 0.29) is 36.3 Å². The standard InChI is InChI=1S/C19H26F2N4O2.HI/c1-5-22-19(25(3)13-15-7-6-10-24(15)2)23-12-14-8-9-16(26-4)11-17(14)27-18(20)21;/h6-11,18H,5,12-13H2,1-4H3,(H,22,23);1H. The van der Waals surface area contributed by atoms with Crippen molar-refractivity contribution in [3.63, 3.8) is 0 Å². The molecule has 28 heavy (non-hydrogen) atoms. The van der Waals surface area contributed by atoms with Gasteiger partial charge in [-0.05, 0) is 31.2 Å². The van der Waals surface area contributed by atoms with Gasteiger partial charge in [0, 0.05) is 44.2 Å². The second kappa shape index (κ2) is 11.7. The fourth-order valence-electron chi connectivity index (χ4n) is 2.61. The molecule has 1 heterocycles. The van der Waals surface area contributed by atoms with E-state index >= 15 is 0 Å². The third-order valence-electron chi connectivity index (χ3n) is 4.04. The number of aliphatic imine (C=N–C) groups is 1. The van der Waals surface area contributed by atoms with Crippen LogP contribution in [0, 0.1) is 0 Å². The molecule has 0 aliphatic rings. The van der Waals surface area contributed by atoms with Gasteiger partial charge in [-0.25, -0.2) is 4.99 Å². The lowest BCUT2D eigenvalue weighted by molar-refractivity contribution is -0.0505. The number of hydrogen-bond donors (Lipinski definition) is 1. The van der Waals surface area contributed by atoms with Crippen LogP contribution in [0.4, 0.5) is 8.78 Å². The molecule has 1 N–H and O–H groups in total. The molecule has 0 saturated carbocycles. The summed E-state index contributed by atoms with van der Waals surface area (Å²) < 4.78 is 37.2. The van der Waals surface area contributed by atoms with Crippen LogP contribution in [-0.2, 0) is 20.1 Å². The first kappa shape index (κ1) is 24.0. The average molecular weight is 508 g/mol. The van der Waals surface area contributed by atoms with Crippen molar-refractivity contribution in [2.75, 3.05) is 20.7 Å². The van der Waals surface area contributed by atoms with Gasteiger partial charge in [-0.3, -0.25) is 0 Å². The Morgan fingerprint density at radius 1 is 1.32 bits per heavy atom. The maximum Gasteiger partial charge on any atom is 0.387 e. The molecule has 6 nitrogen and oxygen atoms in total. The van der Waals surface area contributed by atoms with Crippen LogP contribution in [0.15, 0.2) is 41.5 Å². The molecule has 0 bridgehead atoms. The van der Waals surface area contributed by atoms with Crippen LogP contribution in [0.5, 0.6) is 11.5 Å². The summed E-state index contributed by atoms with van der Waals surface area (Å²) in [6.45, 7) is 0.627. The lowest BCUT2D eigenvalue weighted by Crippen LogP contribution is -2.38.